The van der Waals surface area contributed by atoms with Gasteiger partial charge in [0, 0.05) is 13.5 Å². The Morgan fingerprint density at radius 1 is 1.44 bits per heavy atom. The van der Waals surface area contributed by atoms with Crippen molar-refractivity contribution in [2.45, 2.75) is 19.8 Å². The molecule has 1 aromatic carbocycles. The van der Waals surface area contributed by atoms with Gasteiger partial charge in [-0.1, -0.05) is 6.92 Å². The van der Waals surface area contributed by atoms with Gasteiger partial charge < -0.3 is 14.9 Å². The lowest BCUT2D eigenvalue weighted by molar-refractivity contribution is 0.196. The summed E-state index contributed by atoms with van der Waals surface area (Å²) in [6, 6.07) is 3.96. The van der Waals surface area contributed by atoms with Crippen molar-refractivity contribution < 1.29 is 9.15 Å². The number of benzene rings is 1. The topological polar surface area (TPSA) is 61.3 Å². The molecule has 0 amide bonds. The Morgan fingerprint density at radius 3 is 2.94 bits per heavy atom. The molecule has 2 aromatic rings. The molecule has 0 atom stereocenters. The number of methoxy groups -OCH3 is 1. The van der Waals surface area contributed by atoms with Gasteiger partial charge in [0.05, 0.1) is 12.3 Å². The molecule has 4 heteroatoms. The molecular formula is C12H16N2O2. The Kier molecular flexibility index (Phi) is 3.10. The van der Waals surface area contributed by atoms with Crippen LogP contribution in [0, 0.1) is 0 Å². The summed E-state index contributed by atoms with van der Waals surface area (Å²) >= 11 is 0. The van der Waals surface area contributed by atoms with Gasteiger partial charge in [0.15, 0.2) is 11.5 Å². The van der Waals surface area contributed by atoms with Crippen molar-refractivity contribution in [3.8, 4) is 0 Å². The second kappa shape index (κ2) is 4.53. The van der Waals surface area contributed by atoms with Crippen LogP contribution in [0.4, 0.5) is 5.69 Å². The molecule has 0 aliphatic heterocycles. The molecule has 2 rings (SSSR count). The third kappa shape index (κ3) is 2.02. The molecule has 0 saturated heterocycles. The number of nitrogens with zero attached hydrogens (tertiary/aromatic N) is 1. The molecule has 0 saturated carbocycles. The number of hydrogen-bond donors (Lipinski definition) is 1. The van der Waals surface area contributed by atoms with E-state index in [0.717, 1.165) is 11.9 Å². The lowest BCUT2D eigenvalue weighted by Gasteiger charge is -1.98. The Bertz CT molecular complexity index is 491. The van der Waals surface area contributed by atoms with E-state index in [1.54, 1.807) is 7.11 Å². The average Bonchev–Trinajstić information content (AvgIpc) is 2.69. The molecule has 1 heterocycles. The number of nitrogens with two attached hydrogens (primary N) is 1. The van der Waals surface area contributed by atoms with Crippen molar-refractivity contribution in [3.05, 3.63) is 23.6 Å². The largest absolute Gasteiger partial charge is 0.438 e. The summed E-state index contributed by atoms with van der Waals surface area (Å²) in [4.78, 5) is 4.39. The van der Waals surface area contributed by atoms with Gasteiger partial charge in [-0.3, -0.25) is 0 Å². The molecular weight excluding hydrogens is 204 g/mol. The van der Waals surface area contributed by atoms with E-state index in [2.05, 4.69) is 11.9 Å². The third-order valence-electron chi connectivity index (χ3n) is 2.55. The fraction of sp³-hybridized carbons (Fsp3) is 0.417. The van der Waals surface area contributed by atoms with Crippen LogP contribution >= 0.6 is 0 Å². The third-order valence-corrected chi connectivity index (χ3v) is 2.55. The van der Waals surface area contributed by atoms with Crippen LogP contribution in [0.5, 0.6) is 0 Å². The molecule has 0 bridgehead atoms. The van der Waals surface area contributed by atoms with Crippen LogP contribution in [0.2, 0.25) is 0 Å². The molecule has 0 aliphatic rings. The summed E-state index contributed by atoms with van der Waals surface area (Å²) in [6.45, 7) is 2.69. The highest BCUT2D eigenvalue weighted by Crippen LogP contribution is 2.24. The molecule has 0 aliphatic carbocycles. The number of nitrogen functional groups attached to an aromatic ring is 1. The van der Waals surface area contributed by atoms with Gasteiger partial charge in [-0.05, 0) is 24.1 Å². The Hall–Kier alpha value is -1.55. The molecule has 1 aromatic heterocycles. The lowest BCUT2D eigenvalue weighted by Crippen LogP contribution is -1.93. The van der Waals surface area contributed by atoms with Gasteiger partial charge in [0.2, 0.25) is 0 Å². The van der Waals surface area contributed by atoms with Gasteiger partial charge in [0.1, 0.15) is 5.52 Å². The molecule has 0 unspecified atom stereocenters. The minimum Gasteiger partial charge on any atom is -0.438 e. The van der Waals surface area contributed by atoms with Crippen LogP contribution in [0.25, 0.3) is 11.1 Å². The number of hydrogen-bond acceptors (Lipinski definition) is 4. The number of anilines is 1. The van der Waals surface area contributed by atoms with E-state index < -0.39 is 0 Å². The Morgan fingerprint density at radius 2 is 2.25 bits per heavy atom. The highest BCUT2D eigenvalue weighted by molar-refractivity contribution is 5.85. The first-order chi connectivity index (χ1) is 7.74. The minimum absolute atomic E-state index is 0.605. The quantitative estimate of drug-likeness (QED) is 0.802. The van der Waals surface area contributed by atoms with Gasteiger partial charge >= 0.3 is 0 Å². The molecule has 4 nitrogen and oxygen atoms in total. The summed E-state index contributed by atoms with van der Waals surface area (Å²) in [7, 11) is 1.66. The van der Waals surface area contributed by atoms with E-state index in [1.165, 1.54) is 5.56 Å². The second-order valence-electron chi connectivity index (χ2n) is 3.74. The maximum Gasteiger partial charge on any atom is 0.197 e. The van der Waals surface area contributed by atoms with E-state index in [0.29, 0.717) is 30.2 Å². The van der Waals surface area contributed by atoms with Gasteiger partial charge in [-0.25, -0.2) is 4.98 Å². The second-order valence-corrected chi connectivity index (χ2v) is 3.74. The van der Waals surface area contributed by atoms with Crippen molar-refractivity contribution in [1.82, 2.24) is 4.98 Å². The van der Waals surface area contributed by atoms with Gasteiger partial charge in [-0.15, -0.1) is 0 Å². The van der Waals surface area contributed by atoms with Crippen molar-refractivity contribution in [1.29, 1.82) is 0 Å². The maximum absolute atomic E-state index is 5.91. The number of oxazole rings is 1. The van der Waals surface area contributed by atoms with Crippen LogP contribution < -0.4 is 5.73 Å². The average molecular weight is 220 g/mol. The van der Waals surface area contributed by atoms with E-state index in [1.807, 2.05) is 12.1 Å². The number of aryl methyl sites for hydroxylation is 1. The van der Waals surface area contributed by atoms with E-state index in [-0.39, 0.29) is 0 Å². The SMILES string of the molecule is CCc1cc(N)c2oc(CCOC)nc2c1. The van der Waals surface area contributed by atoms with Crippen LogP contribution in [-0.2, 0) is 17.6 Å². The number of aromatic nitrogens is 1. The summed E-state index contributed by atoms with van der Waals surface area (Å²) in [5, 5.41) is 0. The monoisotopic (exact) mass is 220 g/mol. The fourth-order valence-corrected chi connectivity index (χ4v) is 1.67. The van der Waals surface area contributed by atoms with Gasteiger partial charge in [0.25, 0.3) is 0 Å². The lowest BCUT2D eigenvalue weighted by atomic mass is 10.1. The summed E-state index contributed by atoms with van der Waals surface area (Å²) in [5.74, 6) is 0.678. The zero-order valence-electron chi connectivity index (χ0n) is 9.62. The predicted octanol–water partition coefficient (Wildman–Crippen LogP) is 2.16. The summed E-state index contributed by atoms with van der Waals surface area (Å²) in [5.41, 5.74) is 9.26. The first kappa shape index (κ1) is 11.0. The normalized spacial score (nSPS) is 11.1. The molecule has 0 spiro atoms. The Balaban J connectivity index is 2.40. The first-order valence-electron chi connectivity index (χ1n) is 5.41. The van der Waals surface area contributed by atoms with Crippen molar-refractivity contribution in [2.75, 3.05) is 19.5 Å². The Labute approximate surface area is 94.4 Å². The van der Waals surface area contributed by atoms with Crippen molar-refractivity contribution in [3.63, 3.8) is 0 Å². The maximum atomic E-state index is 5.91. The number of ether oxygens (including phenoxy) is 1. The van der Waals surface area contributed by atoms with Crippen LogP contribution in [-0.4, -0.2) is 18.7 Å². The standard InChI is InChI=1S/C12H16N2O2/c1-3-8-6-9(13)12-10(7-8)14-11(16-12)4-5-15-2/h6-7H,3-5,13H2,1-2H3. The number of fused-ring (bicyclic) bond motifs is 1. The smallest absolute Gasteiger partial charge is 0.197 e. The van der Waals surface area contributed by atoms with Crippen LogP contribution in [0.15, 0.2) is 16.5 Å². The number of rotatable bonds is 4. The highest BCUT2D eigenvalue weighted by atomic mass is 16.5. The molecule has 2 N–H and O–H groups in total. The van der Waals surface area contributed by atoms with Gasteiger partial charge in [-0.2, -0.15) is 0 Å². The highest BCUT2D eigenvalue weighted by Gasteiger charge is 2.09. The molecule has 0 radical (unpaired) electrons. The van der Waals surface area contributed by atoms with Crippen molar-refractivity contribution in [2.24, 2.45) is 0 Å². The van der Waals surface area contributed by atoms with Crippen LogP contribution in [0.3, 0.4) is 0 Å². The minimum atomic E-state index is 0.605. The molecule has 0 fully saturated rings. The summed E-state index contributed by atoms with van der Waals surface area (Å²) < 4.78 is 10.6. The fourth-order valence-electron chi connectivity index (χ4n) is 1.67. The van der Waals surface area contributed by atoms with E-state index in [9.17, 15) is 0 Å². The molecule has 16 heavy (non-hydrogen) atoms. The van der Waals surface area contributed by atoms with Crippen LogP contribution in [0.1, 0.15) is 18.4 Å². The summed E-state index contributed by atoms with van der Waals surface area (Å²) in [6.07, 6.45) is 1.62. The van der Waals surface area contributed by atoms with Crippen molar-refractivity contribution >= 4 is 16.8 Å². The van der Waals surface area contributed by atoms with E-state index >= 15 is 0 Å². The van der Waals surface area contributed by atoms with E-state index in [4.69, 9.17) is 14.9 Å². The molecule has 86 valence electrons. The first-order valence-corrected chi connectivity index (χ1v) is 5.41. The zero-order chi connectivity index (χ0) is 11.5. The predicted molar refractivity (Wildman–Crippen MR) is 63.4 cm³/mol. The zero-order valence-corrected chi connectivity index (χ0v) is 9.62.